The molecule has 1 heteroatoms. The molecule has 1 nitrogen and oxygen atoms in total. The van der Waals surface area contributed by atoms with Crippen LogP contribution < -0.4 is 0 Å². The van der Waals surface area contributed by atoms with Crippen molar-refractivity contribution in [2.75, 3.05) is 0 Å². The van der Waals surface area contributed by atoms with Gasteiger partial charge in [-0.05, 0) is 25.0 Å². The summed E-state index contributed by atoms with van der Waals surface area (Å²) in [4.78, 5) is 4.22. The van der Waals surface area contributed by atoms with Gasteiger partial charge in [0.25, 0.3) is 0 Å². The van der Waals surface area contributed by atoms with E-state index in [1.165, 1.54) is 18.5 Å². The minimum absolute atomic E-state index is 1.12. The molecule has 82 valence electrons. The van der Waals surface area contributed by atoms with Crippen molar-refractivity contribution in [2.45, 2.75) is 53.9 Å². The molecule has 0 aliphatic carbocycles. The van der Waals surface area contributed by atoms with Crippen LogP contribution in [0.1, 0.15) is 53.2 Å². The number of aryl methyl sites for hydroxylation is 1. The number of aromatic nitrogens is 1. The molecule has 0 aromatic carbocycles. The fraction of sp³-hybridized carbons (Fsp3) is 0.615. The van der Waals surface area contributed by atoms with Gasteiger partial charge in [-0.25, -0.2) is 0 Å². The van der Waals surface area contributed by atoms with Crippen LogP contribution in [0.2, 0.25) is 0 Å². The molecule has 0 fully saturated rings. The van der Waals surface area contributed by atoms with E-state index in [-0.39, 0.29) is 0 Å². The lowest BCUT2D eigenvalue weighted by Gasteiger charge is -1.95. The molecule has 0 unspecified atom stereocenters. The van der Waals surface area contributed by atoms with Crippen LogP contribution in [0.25, 0.3) is 0 Å². The van der Waals surface area contributed by atoms with Gasteiger partial charge >= 0.3 is 0 Å². The van der Waals surface area contributed by atoms with E-state index < -0.39 is 0 Å². The SMILES string of the molecule is CC.CC.CCCCc1ccccn1. The maximum Gasteiger partial charge on any atom is 0.0403 e. The fourth-order valence-electron chi connectivity index (χ4n) is 0.904. The molecule has 0 saturated heterocycles. The van der Waals surface area contributed by atoms with Crippen LogP contribution in [0.15, 0.2) is 24.4 Å². The first-order valence-corrected chi connectivity index (χ1v) is 5.83. The fourth-order valence-corrected chi connectivity index (χ4v) is 0.904. The van der Waals surface area contributed by atoms with Crippen LogP contribution in [0.4, 0.5) is 0 Å². The lowest BCUT2D eigenvalue weighted by molar-refractivity contribution is 0.777. The largest absolute Gasteiger partial charge is 0.261 e. The van der Waals surface area contributed by atoms with Gasteiger partial charge in [-0.2, -0.15) is 0 Å². The molecular formula is C13H25N. The second kappa shape index (κ2) is 14.7. The Balaban J connectivity index is 0. The molecule has 0 N–H and O–H groups in total. The number of rotatable bonds is 3. The highest BCUT2D eigenvalue weighted by atomic mass is 14.7. The van der Waals surface area contributed by atoms with E-state index in [1.54, 1.807) is 0 Å². The van der Waals surface area contributed by atoms with E-state index >= 15 is 0 Å². The Morgan fingerprint density at radius 1 is 1.07 bits per heavy atom. The minimum atomic E-state index is 1.12. The van der Waals surface area contributed by atoms with Crippen LogP contribution in [0.3, 0.4) is 0 Å². The number of nitrogens with zero attached hydrogens (tertiary/aromatic N) is 1. The van der Waals surface area contributed by atoms with Gasteiger partial charge in [-0.3, -0.25) is 4.98 Å². The quantitative estimate of drug-likeness (QED) is 0.693. The molecule has 14 heavy (non-hydrogen) atoms. The Morgan fingerprint density at radius 2 is 1.71 bits per heavy atom. The average Bonchev–Trinajstić information content (AvgIpc) is 2.33. The number of hydrogen-bond acceptors (Lipinski definition) is 1. The maximum absolute atomic E-state index is 4.22. The summed E-state index contributed by atoms with van der Waals surface area (Å²) in [6, 6.07) is 6.07. The maximum atomic E-state index is 4.22. The molecular weight excluding hydrogens is 170 g/mol. The summed E-state index contributed by atoms with van der Waals surface area (Å²) < 4.78 is 0. The highest BCUT2D eigenvalue weighted by molar-refractivity contribution is 5.03. The van der Waals surface area contributed by atoms with Crippen molar-refractivity contribution >= 4 is 0 Å². The predicted octanol–water partition coefficient (Wildman–Crippen LogP) is 4.48. The third-order valence-corrected chi connectivity index (χ3v) is 1.51. The van der Waals surface area contributed by atoms with E-state index in [2.05, 4.69) is 18.0 Å². The van der Waals surface area contributed by atoms with Gasteiger partial charge in [0.15, 0.2) is 0 Å². The van der Waals surface area contributed by atoms with Gasteiger partial charge in [0.05, 0.1) is 0 Å². The molecule has 1 rings (SSSR count). The Labute approximate surface area is 89.6 Å². The van der Waals surface area contributed by atoms with Crippen LogP contribution >= 0.6 is 0 Å². The second-order valence-electron chi connectivity index (χ2n) is 2.42. The number of hydrogen-bond donors (Lipinski definition) is 0. The molecule has 0 radical (unpaired) electrons. The normalized spacial score (nSPS) is 7.79. The van der Waals surface area contributed by atoms with Crippen molar-refractivity contribution in [3.8, 4) is 0 Å². The monoisotopic (exact) mass is 195 g/mol. The smallest absolute Gasteiger partial charge is 0.0403 e. The molecule has 1 aromatic rings. The number of pyridine rings is 1. The lowest BCUT2D eigenvalue weighted by Crippen LogP contribution is -1.86. The zero-order chi connectivity index (χ0) is 11.2. The van der Waals surface area contributed by atoms with Gasteiger partial charge in [0.1, 0.15) is 0 Å². The lowest BCUT2D eigenvalue weighted by atomic mass is 10.2. The molecule has 0 atom stereocenters. The van der Waals surface area contributed by atoms with Crippen LogP contribution in [-0.4, -0.2) is 4.98 Å². The van der Waals surface area contributed by atoms with Crippen molar-refractivity contribution < 1.29 is 0 Å². The summed E-state index contributed by atoms with van der Waals surface area (Å²) >= 11 is 0. The van der Waals surface area contributed by atoms with Crippen molar-refractivity contribution in [3.05, 3.63) is 30.1 Å². The van der Waals surface area contributed by atoms with E-state index in [4.69, 9.17) is 0 Å². The third-order valence-electron chi connectivity index (χ3n) is 1.51. The first-order chi connectivity index (χ1) is 6.93. The van der Waals surface area contributed by atoms with Gasteiger partial charge in [-0.1, -0.05) is 47.1 Å². The summed E-state index contributed by atoms with van der Waals surface area (Å²) in [5.74, 6) is 0. The third kappa shape index (κ3) is 9.24. The van der Waals surface area contributed by atoms with Crippen molar-refractivity contribution in [2.24, 2.45) is 0 Å². The van der Waals surface area contributed by atoms with E-state index in [0.29, 0.717) is 0 Å². The highest BCUT2D eigenvalue weighted by Gasteiger charge is 1.88. The van der Waals surface area contributed by atoms with Crippen LogP contribution in [-0.2, 0) is 6.42 Å². The molecule has 1 heterocycles. The van der Waals surface area contributed by atoms with Gasteiger partial charge in [0, 0.05) is 11.9 Å². The molecule has 0 aliphatic heterocycles. The zero-order valence-corrected chi connectivity index (χ0v) is 10.4. The molecule has 0 aliphatic rings. The molecule has 0 saturated carbocycles. The second-order valence-corrected chi connectivity index (χ2v) is 2.42. The Bertz CT molecular complexity index is 170. The molecule has 0 spiro atoms. The average molecular weight is 195 g/mol. The summed E-state index contributed by atoms with van der Waals surface area (Å²) in [6.45, 7) is 10.2. The topological polar surface area (TPSA) is 12.9 Å². The van der Waals surface area contributed by atoms with E-state index in [1.807, 2.05) is 46.0 Å². The van der Waals surface area contributed by atoms with Gasteiger partial charge < -0.3 is 0 Å². The van der Waals surface area contributed by atoms with Crippen molar-refractivity contribution in [1.82, 2.24) is 4.98 Å². The van der Waals surface area contributed by atoms with Gasteiger partial charge in [-0.15, -0.1) is 0 Å². The van der Waals surface area contributed by atoms with E-state index in [0.717, 1.165) is 6.42 Å². The zero-order valence-electron chi connectivity index (χ0n) is 10.4. The first-order valence-electron chi connectivity index (χ1n) is 5.83. The standard InChI is InChI=1S/C9H13N.2C2H6/c1-2-3-6-9-7-4-5-8-10-9;2*1-2/h4-5,7-8H,2-3,6H2,1H3;2*1-2H3. The Kier molecular flexibility index (Phi) is 16.4. The Hall–Kier alpha value is -0.850. The van der Waals surface area contributed by atoms with Gasteiger partial charge in [0.2, 0.25) is 0 Å². The first kappa shape index (κ1) is 15.6. The molecule has 0 bridgehead atoms. The minimum Gasteiger partial charge on any atom is -0.261 e. The van der Waals surface area contributed by atoms with Crippen molar-refractivity contribution in [1.29, 1.82) is 0 Å². The molecule has 0 amide bonds. The summed E-state index contributed by atoms with van der Waals surface area (Å²) in [5, 5.41) is 0. The van der Waals surface area contributed by atoms with Crippen molar-refractivity contribution in [3.63, 3.8) is 0 Å². The predicted molar refractivity (Wildman–Crippen MR) is 65.5 cm³/mol. The van der Waals surface area contributed by atoms with Crippen LogP contribution in [0, 0.1) is 0 Å². The van der Waals surface area contributed by atoms with Crippen LogP contribution in [0.5, 0.6) is 0 Å². The molecule has 1 aromatic heterocycles. The highest BCUT2D eigenvalue weighted by Crippen LogP contribution is 1.99. The number of unbranched alkanes of at least 4 members (excludes halogenated alkanes) is 1. The summed E-state index contributed by atoms with van der Waals surface area (Å²) in [7, 11) is 0. The summed E-state index contributed by atoms with van der Waals surface area (Å²) in [5.41, 5.74) is 1.21. The Morgan fingerprint density at radius 3 is 2.14 bits per heavy atom. The van der Waals surface area contributed by atoms with E-state index in [9.17, 15) is 0 Å². The summed E-state index contributed by atoms with van der Waals surface area (Å²) in [6.07, 6.45) is 5.47.